The summed E-state index contributed by atoms with van der Waals surface area (Å²) in [7, 11) is 1.59. The van der Waals surface area contributed by atoms with Gasteiger partial charge in [0.2, 0.25) is 0 Å². The van der Waals surface area contributed by atoms with E-state index < -0.39 is 0 Å². The van der Waals surface area contributed by atoms with Crippen molar-refractivity contribution in [3.8, 4) is 5.75 Å². The first-order valence-electron chi connectivity index (χ1n) is 6.91. The number of nitrogen functional groups attached to an aromatic ring is 1. The number of nitrogens with two attached hydrogens (primary N) is 1. The van der Waals surface area contributed by atoms with Gasteiger partial charge >= 0.3 is 0 Å². The largest absolute Gasteiger partial charge is 0.497 e. The number of anilines is 1. The van der Waals surface area contributed by atoms with E-state index in [1.807, 2.05) is 4.90 Å². The predicted molar refractivity (Wildman–Crippen MR) is 74.1 cm³/mol. The molecule has 0 spiro atoms. The molecule has 0 radical (unpaired) electrons. The van der Waals surface area contributed by atoms with Crippen LogP contribution in [0.4, 0.5) is 5.69 Å². The lowest BCUT2D eigenvalue weighted by Gasteiger charge is -2.18. The van der Waals surface area contributed by atoms with Crippen molar-refractivity contribution in [1.29, 1.82) is 0 Å². The third kappa shape index (κ3) is 2.27. The van der Waals surface area contributed by atoms with E-state index in [2.05, 4.69) is 0 Å². The van der Waals surface area contributed by atoms with E-state index in [4.69, 9.17) is 10.5 Å². The molecule has 2 aliphatic rings. The molecule has 2 atom stereocenters. The SMILES string of the molecule is COc1cc(N)cc(C(=O)N2CC3CCCC3C2)c1. The molecule has 3 rings (SSSR count). The maximum Gasteiger partial charge on any atom is 0.254 e. The van der Waals surface area contributed by atoms with Gasteiger partial charge in [0.15, 0.2) is 0 Å². The number of likely N-dealkylation sites (tertiary alicyclic amines) is 1. The first-order valence-corrected chi connectivity index (χ1v) is 6.91. The Hall–Kier alpha value is -1.71. The van der Waals surface area contributed by atoms with Crippen LogP contribution in [-0.4, -0.2) is 31.0 Å². The lowest BCUT2D eigenvalue weighted by molar-refractivity contribution is 0.0780. The summed E-state index contributed by atoms with van der Waals surface area (Å²) in [5.74, 6) is 2.15. The second kappa shape index (κ2) is 4.76. The first kappa shape index (κ1) is 12.3. The van der Waals surface area contributed by atoms with Gasteiger partial charge in [0, 0.05) is 30.4 Å². The van der Waals surface area contributed by atoms with Crippen molar-refractivity contribution in [2.24, 2.45) is 11.8 Å². The van der Waals surface area contributed by atoms with E-state index in [-0.39, 0.29) is 5.91 Å². The zero-order chi connectivity index (χ0) is 13.4. The summed E-state index contributed by atoms with van der Waals surface area (Å²) in [5.41, 5.74) is 7.02. The monoisotopic (exact) mass is 260 g/mol. The Morgan fingerprint density at radius 1 is 1.26 bits per heavy atom. The van der Waals surface area contributed by atoms with Crippen LogP contribution in [0.15, 0.2) is 18.2 Å². The zero-order valence-electron chi connectivity index (χ0n) is 11.3. The molecule has 1 saturated heterocycles. The fraction of sp³-hybridized carbons (Fsp3) is 0.533. The van der Waals surface area contributed by atoms with Gasteiger partial charge in [-0.25, -0.2) is 0 Å². The van der Waals surface area contributed by atoms with Gasteiger partial charge in [-0.15, -0.1) is 0 Å². The van der Waals surface area contributed by atoms with E-state index in [1.54, 1.807) is 25.3 Å². The normalized spacial score (nSPS) is 25.4. The summed E-state index contributed by atoms with van der Waals surface area (Å²) >= 11 is 0. The number of carbonyl (C=O) groups excluding carboxylic acids is 1. The van der Waals surface area contributed by atoms with Crippen molar-refractivity contribution in [2.45, 2.75) is 19.3 Å². The van der Waals surface area contributed by atoms with Gasteiger partial charge in [-0.2, -0.15) is 0 Å². The molecule has 1 saturated carbocycles. The van der Waals surface area contributed by atoms with Gasteiger partial charge in [0.25, 0.3) is 5.91 Å². The van der Waals surface area contributed by atoms with Crippen LogP contribution in [0.2, 0.25) is 0 Å². The predicted octanol–water partition coefficient (Wildman–Crippen LogP) is 2.15. The Morgan fingerprint density at radius 3 is 2.58 bits per heavy atom. The van der Waals surface area contributed by atoms with Gasteiger partial charge < -0.3 is 15.4 Å². The van der Waals surface area contributed by atoms with Crippen LogP contribution < -0.4 is 10.5 Å². The zero-order valence-corrected chi connectivity index (χ0v) is 11.3. The minimum absolute atomic E-state index is 0.0833. The molecule has 1 aliphatic carbocycles. The minimum Gasteiger partial charge on any atom is -0.497 e. The lowest BCUT2D eigenvalue weighted by Crippen LogP contribution is -2.29. The Kier molecular flexibility index (Phi) is 3.09. The number of nitrogens with zero attached hydrogens (tertiary/aromatic N) is 1. The molecular formula is C15H20N2O2. The van der Waals surface area contributed by atoms with Crippen LogP contribution in [0.25, 0.3) is 0 Å². The molecule has 1 aromatic carbocycles. The smallest absolute Gasteiger partial charge is 0.254 e. The summed E-state index contributed by atoms with van der Waals surface area (Å²) in [6, 6.07) is 5.24. The van der Waals surface area contributed by atoms with Crippen molar-refractivity contribution in [3.05, 3.63) is 23.8 Å². The maximum absolute atomic E-state index is 12.5. The molecular weight excluding hydrogens is 240 g/mol. The number of methoxy groups -OCH3 is 1. The standard InChI is InChI=1S/C15H20N2O2/c1-19-14-6-12(5-13(16)7-14)15(18)17-8-10-3-2-4-11(10)9-17/h5-7,10-11H,2-4,8-9,16H2,1H3. The van der Waals surface area contributed by atoms with E-state index in [0.29, 0.717) is 28.8 Å². The Balaban J connectivity index is 1.79. The third-order valence-electron chi connectivity index (χ3n) is 4.43. The number of hydrogen-bond acceptors (Lipinski definition) is 3. The Bertz CT molecular complexity index is 489. The average molecular weight is 260 g/mol. The van der Waals surface area contributed by atoms with Gasteiger partial charge in [-0.3, -0.25) is 4.79 Å². The van der Waals surface area contributed by atoms with Crippen molar-refractivity contribution in [3.63, 3.8) is 0 Å². The van der Waals surface area contributed by atoms with Crippen molar-refractivity contribution >= 4 is 11.6 Å². The topological polar surface area (TPSA) is 55.6 Å². The highest BCUT2D eigenvalue weighted by molar-refractivity contribution is 5.95. The third-order valence-corrected chi connectivity index (χ3v) is 4.43. The van der Waals surface area contributed by atoms with E-state index >= 15 is 0 Å². The highest BCUT2D eigenvalue weighted by atomic mass is 16.5. The Labute approximate surface area is 113 Å². The minimum atomic E-state index is 0.0833. The summed E-state index contributed by atoms with van der Waals surface area (Å²) in [6.07, 6.45) is 3.87. The van der Waals surface area contributed by atoms with Gasteiger partial charge in [-0.1, -0.05) is 6.42 Å². The number of benzene rings is 1. The summed E-state index contributed by atoms with van der Waals surface area (Å²) < 4.78 is 5.17. The van der Waals surface area contributed by atoms with Gasteiger partial charge in [-0.05, 0) is 36.8 Å². The molecule has 4 heteroatoms. The van der Waals surface area contributed by atoms with Crippen LogP contribution in [-0.2, 0) is 0 Å². The molecule has 0 bridgehead atoms. The molecule has 102 valence electrons. The fourth-order valence-corrected chi connectivity index (χ4v) is 3.45. The van der Waals surface area contributed by atoms with E-state index in [9.17, 15) is 4.79 Å². The lowest BCUT2D eigenvalue weighted by atomic mass is 10.0. The van der Waals surface area contributed by atoms with Gasteiger partial charge in [0.05, 0.1) is 7.11 Å². The van der Waals surface area contributed by atoms with E-state index in [0.717, 1.165) is 13.1 Å². The fourth-order valence-electron chi connectivity index (χ4n) is 3.45. The second-order valence-corrected chi connectivity index (χ2v) is 5.66. The van der Waals surface area contributed by atoms with Crippen molar-refractivity contribution < 1.29 is 9.53 Å². The molecule has 19 heavy (non-hydrogen) atoms. The molecule has 2 unspecified atom stereocenters. The molecule has 1 aromatic rings. The number of fused-ring (bicyclic) bond motifs is 1. The first-order chi connectivity index (χ1) is 9.17. The highest BCUT2D eigenvalue weighted by Gasteiger charge is 2.38. The molecule has 1 amide bonds. The quantitative estimate of drug-likeness (QED) is 0.829. The maximum atomic E-state index is 12.5. The molecule has 1 heterocycles. The number of amides is 1. The molecule has 2 N–H and O–H groups in total. The average Bonchev–Trinajstić information content (AvgIpc) is 2.97. The molecule has 4 nitrogen and oxygen atoms in total. The molecule has 0 aromatic heterocycles. The van der Waals surface area contributed by atoms with Crippen LogP contribution in [0.5, 0.6) is 5.75 Å². The molecule has 2 fully saturated rings. The van der Waals surface area contributed by atoms with Crippen LogP contribution in [0, 0.1) is 11.8 Å². The van der Waals surface area contributed by atoms with Crippen LogP contribution >= 0.6 is 0 Å². The summed E-state index contributed by atoms with van der Waals surface area (Å²) in [4.78, 5) is 14.5. The number of hydrogen-bond donors (Lipinski definition) is 1. The van der Waals surface area contributed by atoms with Crippen LogP contribution in [0.1, 0.15) is 29.6 Å². The number of rotatable bonds is 2. The summed E-state index contributed by atoms with van der Waals surface area (Å²) in [5, 5.41) is 0. The van der Waals surface area contributed by atoms with Gasteiger partial charge in [0.1, 0.15) is 5.75 Å². The second-order valence-electron chi connectivity index (χ2n) is 5.66. The van der Waals surface area contributed by atoms with Crippen LogP contribution in [0.3, 0.4) is 0 Å². The molecule has 1 aliphatic heterocycles. The summed E-state index contributed by atoms with van der Waals surface area (Å²) in [6.45, 7) is 1.81. The highest BCUT2D eigenvalue weighted by Crippen LogP contribution is 2.38. The van der Waals surface area contributed by atoms with Crippen molar-refractivity contribution in [2.75, 3.05) is 25.9 Å². The number of carbonyl (C=O) groups is 1. The Morgan fingerprint density at radius 2 is 1.95 bits per heavy atom. The number of ether oxygens (including phenoxy) is 1. The van der Waals surface area contributed by atoms with E-state index in [1.165, 1.54) is 19.3 Å². The van der Waals surface area contributed by atoms with Crippen molar-refractivity contribution in [1.82, 2.24) is 4.90 Å².